The third kappa shape index (κ3) is 3.69. The van der Waals surface area contributed by atoms with Gasteiger partial charge in [-0.25, -0.2) is 0 Å². The van der Waals surface area contributed by atoms with E-state index in [-0.39, 0.29) is 12.6 Å². The number of aliphatic hydroxyl groups excluding tert-OH is 1. The summed E-state index contributed by atoms with van der Waals surface area (Å²) < 4.78 is 0. The third-order valence-electron chi connectivity index (χ3n) is 2.62. The van der Waals surface area contributed by atoms with Crippen LogP contribution in [0.5, 0.6) is 0 Å². The first-order valence-corrected chi connectivity index (χ1v) is 5.55. The van der Waals surface area contributed by atoms with E-state index in [1.54, 1.807) is 0 Å². The second kappa shape index (κ2) is 7.05. The van der Waals surface area contributed by atoms with Crippen LogP contribution in [0.1, 0.15) is 24.9 Å². The van der Waals surface area contributed by atoms with Crippen molar-refractivity contribution < 1.29 is 5.11 Å². The first-order valence-electron chi connectivity index (χ1n) is 5.55. The molecule has 1 rings (SSSR count). The van der Waals surface area contributed by atoms with Crippen molar-refractivity contribution in [2.24, 2.45) is 0 Å². The Balaban J connectivity index is 2.76. The summed E-state index contributed by atoms with van der Waals surface area (Å²) >= 11 is 0. The second-order valence-corrected chi connectivity index (χ2v) is 3.78. The molecule has 1 N–H and O–H groups in total. The first-order chi connectivity index (χ1) is 7.79. The van der Waals surface area contributed by atoms with E-state index in [2.05, 4.69) is 28.9 Å². The van der Waals surface area contributed by atoms with Gasteiger partial charge < -0.3 is 5.11 Å². The lowest BCUT2D eigenvalue weighted by Gasteiger charge is -2.26. The lowest BCUT2D eigenvalue weighted by molar-refractivity contribution is 0.200. The molecule has 0 amide bonds. The van der Waals surface area contributed by atoms with Crippen LogP contribution in [0, 0.1) is 11.8 Å². The van der Waals surface area contributed by atoms with E-state index in [1.807, 2.05) is 32.2 Å². The summed E-state index contributed by atoms with van der Waals surface area (Å²) in [5.41, 5.74) is 1.23. The van der Waals surface area contributed by atoms with Crippen LogP contribution in [0.2, 0.25) is 0 Å². The predicted molar refractivity (Wildman–Crippen MR) is 67.0 cm³/mol. The molecule has 2 heteroatoms. The van der Waals surface area contributed by atoms with E-state index in [1.165, 1.54) is 5.56 Å². The molecule has 86 valence electrons. The molecule has 0 aliphatic rings. The van der Waals surface area contributed by atoms with Crippen molar-refractivity contribution >= 4 is 0 Å². The highest BCUT2D eigenvalue weighted by atomic mass is 16.3. The molecule has 0 saturated heterocycles. The van der Waals surface area contributed by atoms with Crippen LogP contribution < -0.4 is 0 Å². The molecule has 1 aromatic carbocycles. The van der Waals surface area contributed by atoms with Gasteiger partial charge >= 0.3 is 0 Å². The maximum Gasteiger partial charge on any atom is 0.0604 e. The van der Waals surface area contributed by atoms with Crippen molar-refractivity contribution in [1.82, 2.24) is 4.90 Å². The number of hydrogen-bond acceptors (Lipinski definition) is 2. The fourth-order valence-corrected chi connectivity index (χ4v) is 1.75. The first kappa shape index (κ1) is 12.8. The molecule has 1 atom stereocenters. The number of hydrogen-bond donors (Lipinski definition) is 1. The highest BCUT2D eigenvalue weighted by Crippen LogP contribution is 2.21. The normalized spacial score (nSPS) is 12.0. The molecule has 0 spiro atoms. The van der Waals surface area contributed by atoms with E-state index in [0.717, 1.165) is 13.0 Å². The van der Waals surface area contributed by atoms with Crippen LogP contribution in [0.25, 0.3) is 0 Å². The van der Waals surface area contributed by atoms with Crippen LogP contribution in [0.15, 0.2) is 30.3 Å². The number of rotatable bonds is 5. The van der Waals surface area contributed by atoms with Gasteiger partial charge in [0.2, 0.25) is 0 Å². The van der Waals surface area contributed by atoms with Gasteiger partial charge in [0.05, 0.1) is 6.54 Å². The Bertz CT molecular complexity index is 350. The minimum Gasteiger partial charge on any atom is -0.396 e. The van der Waals surface area contributed by atoms with E-state index in [4.69, 9.17) is 5.11 Å². The minimum absolute atomic E-state index is 0.198. The van der Waals surface area contributed by atoms with Crippen molar-refractivity contribution in [3.63, 3.8) is 0 Å². The Kier molecular flexibility index (Phi) is 5.63. The molecule has 0 aromatic heterocycles. The third-order valence-corrected chi connectivity index (χ3v) is 2.62. The average molecular weight is 217 g/mol. The highest BCUT2D eigenvalue weighted by Gasteiger charge is 2.14. The monoisotopic (exact) mass is 217 g/mol. The summed E-state index contributed by atoms with van der Waals surface area (Å²) in [6.45, 7) is 2.77. The zero-order valence-corrected chi connectivity index (χ0v) is 9.98. The van der Waals surface area contributed by atoms with E-state index in [9.17, 15) is 0 Å². The van der Waals surface area contributed by atoms with E-state index in [0.29, 0.717) is 0 Å². The SMILES string of the molecule is CC#CCN(C)C(CCO)c1ccccc1. The van der Waals surface area contributed by atoms with Gasteiger partial charge in [-0.3, -0.25) is 4.90 Å². The van der Waals surface area contributed by atoms with Crippen LogP contribution >= 0.6 is 0 Å². The molecule has 0 bridgehead atoms. The van der Waals surface area contributed by atoms with Gasteiger partial charge in [-0.05, 0) is 26.0 Å². The zero-order chi connectivity index (χ0) is 11.8. The minimum atomic E-state index is 0.198. The molecule has 1 aromatic rings. The molecule has 2 nitrogen and oxygen atoms in total. The lowest BCUT2D eigenvalue weighted by atomic mass is 10.0. The molecule has 0 radical (unpaired) electrons. The van der Waals surface area contributed by atoms with Gasteiger partial charge in [0.15, 0.2) is 0 Å². The summed E-state index contributed by atoms with van der Waals surface area (Å²) in [6, 6.07) is 10.5. The topological polar surface area (TPSA) is 23.5 Å². The van der Waals surface area contributed by atoms with Crippen molar-refractivity contribution in [3.05, 3.63) is 35.9 Å². The number of nitrogens with zero attached hydrogens (tertiary/aromatic N) is 1. The van der Waals surface area contributed by atoms with Crippen LogP contribution in [-0.4, -0.2) is 30.2 Å². The number of benzene rings is 1. The summed E-state index contributed by atoms with van der Waals surface area (Å²) in [5, 5.41) is 9.11. The Hall–Kier alpha value is -1.30. The van der Waals surface area contributed by atoms with Gasteiger partial charge in [-0.1, -0.05) is 36.3 Å². The lowest BCUT2D eigenvalue weighted by Crippen LogP contribution is -2.25. The van der Waals surface area contributed by atoms with Crippen molar-refractivity contribution in [1.29, 1.82) is 0 Å². The summed E-state index contributed by atoms with van der Waals surface area (Å²) in [6.07, 6.45) is 0.742. The molecular formula is C14H19NO. The molecule has 0 saturated carbocycles. The van der Waals surface area contributed by atoms with Gasteiger partial charge in [-0.2, -0.15) is 0 Å². The Morgan fingerprint density at radius 3 is 2.56 bits per heavy atom. The van der Waals surface area contributed by atoms with Gasteiger partial charge in [0, 0.05) is 12.6 Å². The molecular weight excluding hydrogens is 198 g/mol. The van der Waals surface area contributed by atoms with Crippen LogP contribution in [0.3, 0.4) is 0 Å². The maximum atomic E-state index is 9.11. The van der Waals surface area contributed by atoms with Crippen molar-refractivity contribution in [2.45, 2.75) is 19.4 Å². The quantitative estimate of drug-likeness (QED) is 0.763. The Morgan fingerprint density at radius 1 is 1.31 bits per heavy atom. The summed E-state index contributed by atoms with van der Waals surface area (Å²) in [5.74, 6) is 5.94. The molecule has 0 fully saturated rings. The maximum absolute atomic E-state index is 9.11. The zero-order valence-electron chi connectivity index (χ0n) is 9.98. The Labute approximate surface area is 97.9 Å². The van der Waals surface area contributed by atoms with Gasteiger partial charge in [0.1, 0.15) is 0 Å². The summed E-state index contributed by atoms with van der Waals surface area (Å²) in [4.78, 5) is 2.17. The second-order valence-electron chi connectivity index (χ2n) is 3.78. The van der Waals surface area contributed by atoms with Gasteiger partial charge in [0.25, 0.3) is 0 Å². The number of aliphatic hydroxyl groups is 1. The van der Waals surface area contributed by atoms with Gasteiger partial charge in [-0.15, -0.1) is 5.92 Å². The van der Waals surface area contributed by atoms with Crippen molar-refractivity contribution in [3.8, 4) is 11.8 Å². The molecule has 1 unspecified atom stereocenters. The highest BCUT2D eigenvalue weighted by molar-refractivity contribution is 5.19. The molecule has 16 heavy (non-hydrogen) atoms. The largest absolute Gasteiger partial charge is 0.396 e. The average Bonchev–Trinajstić information content (AvgIpc) is 2.34. The Morgan fingerprint density at radius 2 is 2.00 bits per heavy atom. The fraction of sp³-hybridized carbons (Fsp3) is 0.429. The predicted octanol–water partition coefficient (Wildman–Crippen LogP) is 2.07. The smallest absolute Gasteiger partial charge is 0.0604 e. The summed E-state index contributed by atoms with van der Waals surface area (Å²) in [7, 11) is 2.04. The van der Waals surface area contributed by atoms with E-state index >= 15 is 0 Å². The van der Waals surface area contributed by atoms with E-state index < -0.39 is 0 Å². The standard InChI is InChI=1S/C14H19NO/c1-3-4-11-15(2)14(10-12-16)13-8-6-5-7-9-13/h5-9,14,16H,10-12H2,1-2H3. The fourth-order valence-electron chi connectivity index (χ4n) is 1.75. The molecule has 0 aliphatic carbocycles. The van der Waals surface area contributed by atoms with Crippen LogP contribution in [-0.2, 0) is 0 Å². The van der Waals surface area contributed by atoms with Crippen molar-refractivity contribution in [2.75, 3.05) is 20.2 Å². The molecule has 0 heterocycles. The van der Waals surface area contributed by atoms with Crippen LogP contribution in [0.4, 0.5) is 0 Å². The molecule has 0 aliphatic heterocycles.